The van der Waals surface area contributed by atoms with Crippen LogP contribution in [0.15, 0.2) is 60.8 Å². The van der Waals surface area contributed by atoms with Gasteiger partial charge in [0.1, 0.15) is 5.82 Å². The molecule has 0 spiro atoms. The smallest absolute Gasteiger partial charge is 0.255 e. The largest absolute Gasteiger partial charge is 0.339 e. The zero-order chi connectivity index (χ0) is 17.8. The molecule has 0 bridgehead atoms. The van der Waals surface area contributed by atoms with Crippen LogP contribution in [-0.4, -0.2) is 10.9 Å². The van der Waals surface area contributed by atoms with Crippen molar-refractivity contribution in [3.63, 3.8) is 0 Å². The predicted molar refractivity (Wildman–Crippen MR) is 103 cm³/mol. The van der Waals surface area contributed by atoms with Gasteiger partial charge in [-0.15, -0.1) is 0 Å². The molecule has 0 aliphatic rings. The summed E-state index contributed by atoms with van der Waals surface area (Å²) in [6.07, 6.45) is 1.58. The van der Waals surface area contributed by atoms with Gasteiger partial charge in [0.25, 0.3) is 5.91 Å². The van der Waals surface area contributed by atoms with E-state index in [0.717, 1.165) is 5.56 Å². The van der Waals surface area contributed by atoms with Crippen LogP contribution in [0.4, 0.5) is 17.2 Å². The van der Waals surface area contributed by atoms with Gasteiger partial charge in [0.15, 0.2) is 0 Å². The van der Waals surface area contributed by atoms with Gasteiger partial charge in [0.2, 0.25) is 0 Å². The van der Waals surface area contributed by atoms with E-state index in [1.54, 1.807) is 42.6 Å². The van der Waals surface area contributed by atoms with Crippen LogP contribution in [0, 0.1) is 6.92 Å². The fourth-order valence-electron chi connectivity index (χ4n) is 2.30. The summed E-state index contributed by atoms with van der Waals surface area (Å²) >= 11 is 12.1. The van der Waals surface area contributed by atoms with E-state index in [-0.39, 0.29) is 5.91 Å². The molecule has 1 amide bonds. The summed E-state index contributed by atoms with van der Waals surface area (Å²) in [5.74, 6) is 0.427. The molecule has 0 aliphatic heterocycles. The minimum atomic E-state index is -0.168. The van der Waals surface area contributed by atoms with Gasteiger partial charge >= 0.3 is 0 Å². The number of nitrogens with one attached hydrogen (secondary N) is 2. The van der Waals surface area contributed by atoms with Crippen molar-refractivity contribution in [2.75, 3.05) is 10.6 Å². The summed E-state index contributed by atoms with van der Waals surface area (Å²) in [4.78, 5) is 16.6. The summed E-state index contributed by atoms with van der Waals surface area (Å²) < 4.78 is 0. The Morgan fingerprint density at radius 2 is 1.84 bits per heavy atom. The summed E-state index contributed by atoms with van der Waals surface area (Å²) in [6, 6.07) is 16.1. The Bertz CT molecular complexity index is 911. The van der Waals surface area contributed by atoms with E-state index in [2.05, 4.69) is 15.6 Å². The predicted octanol–water partition coefficient (Wildman–Crippen LogP) is 5.69. The number of aryl methyl sites for hydroxylation is 1. The molecule has 0 atom stereocenters. The summed E-state index contributed by atoms with van der Waals surface area (Å²) in [7, 11) is 0. The highest BCUT2D eigenvalue weighted by molar-refractivity contribution is 6.35. The molecule has 25 heavy (non-hydrogen) atoms. The zero-order valence-corrected chi connectivity index (χ0v) is 14.9. The van der Waals surface area contributed by atoms with Gasteiger partial charge in [-0.3, -0.25) is 4.79 Å². The fourth-order valence-corrected chi connectivity index (χ4v) is 2.64. The highest BCUT2D eigenvalue weighted by atomic mass is 35.5. The normalized spacial score (nSPS) is 10.4. The Morgan fingerprint density at radius 1 is 1.04 bits per heavy atom. The Labute approximate surface area is 155 Å². The molecule has 6 heteroatoms. The quantitative estimate of drug-likeness (QED) is 0.618. The molecule has 0 radical (unpaired) electrons. The summed E-state index contributed by atoms with van der Waals surface area (Å²) in [5.41, 5.74) is 2.83. The molecule has 0 unspecified atom stereocenters. The first kappa shape index (κ1) is 17.3. The Morgan fingerprint density at radius 3 is 2.56 bits per heavy atom. The molecule has 0 fully saturated rings. The van der Waals surface area contributed by atoms with Crippen LogP contribution in [0.2, 0.25) is 10.0 Å². The number of hydrogen-bond donors (Lipinski definition) is 2. The van der Waals surface area contributed by atoms with Gasteiger partial charge in [-0.25, -0.2) is 4.98 Å². The molecule has 1 heterocycles. The molecule has 0 saturated carbocycles. The third kappa shape index (κ3) is 4.29. The maximum Gasteiger partial charge on any atom is 0.255 e. The van der Waals surface area contributed by atoms with Crippen molar-refractivity contribution in [2.45, 2.75) is 6.92 Å². The number of benzene rings is 2. The van der Waals surface area contributed by atoms with Crippen LogP contribution >= 0.6 is 23.2 Å². The van der Waals surface area contributed by atoms with Crippen molar-refractivity contribution in [3.8, 4) is 0 Å². The lowest BCUT2D eigenvalue weighted by Crippen LogP contribution is -2.13. The zero-order valence-electron chi connectivity index (χ0n) is 13.4. The molecule has 4 nitrogen and oxygen atoms in total. The third-order valence-electron chi connectivity index (χ3n) is 3.60. The SMILES string of the molecule is Cc1ccccc1C(=O)Nc1ccc(Nc2cc(Cl)ccc2Cl)nc1. The number of nitrogens with zero attached hydrogens (tertiary/aromatic N) is 1. The van der Waals surface area contributed by atoms with E-state index >= 15 is 0 Å². The lowest BCUT2D eigenvalue weighted by atomic mass is 10.1. The number of amides is 1. The Kier molecular flexibility index (Phi) is 5.22. The van der Waals surface area contributed by atoms with E-state index in [1.165, 1.54) is 0 Å². The van der Waals surface area contributed by atoms with E-state index in [1.807, 2.05) is 25.1 Å². The van der Waals surface area contributed by atoms with Gasteiger partial charge in [-0.05, 0) is 48.9 Å². The number of rotatable bonds is 4. The second-order valence-electron chi connectivity index (χ2n) is 5.45. The fraction of sp³-hybridized carbons (Fsp3) is 0.0526. The van der Waals surface area contributed by atoms with Crippen molar-refractivity contribution in [3.05, 3.63) is 82.0 Å². The van der Waals surface area contributed by atoms with Crippen molar-refractivity contribution in [2.24, 2.45) is 0 Å². The molecular weight excluding hydrogens is 357 g/mol. The second kappa shape index (κ2) is 7.55. The molecule has 126 valence electrons. The first-order valence-corrected chi connectivity index (χ1v) is 8.33. The van der Waals surface area contributed by atoms with Crippen LogP contribution in [0.25, 0.3) is 0 Å². The number of anilines is 3. The monoisotopic (exact) mass is 371 g/mol. The van der Waals surface area contributed by atoms with Crippen molar-refractivity contribution >= 4 is 46.3 Å². The minimum Gasteiger partial charge on any atom is -0.339 e. The molecular formula is C19H15Cl2N3O. The lowest BCUT2D eigenvalue weighted by Gasteiger charge is -2.10. The standard InChI is InChI=1S/C19H15Cl2N3O/c1-12-4-2-3-5-15(12)19(25)23-14-7-9-18(22-11-14)24-17-10-13(20)6-8-16(17)21/h2-11H,1H3,(H,22,24)(H,23,25). The van der Waals surface area contributed by atoms with Crippen molar-refractivity contribution < 1.29 is 4.79 Å². The number of aromatic nitrogens is 1. The van der Waals surface area contributed by atoms with Gasteiger partial charge in [0.05, 0.1) is 22.6 Å². The average molecular weight is 372 g/mol. The minimum absolute atomic E-state index is 0.168. The number of pyridine rings is 1. The highest BCUT2D eigenvalue weighted by Crippen LogP contribution is 2.28. The maximum atomic E-state index is 12.3. The van der Waals surface area contributed by atoms with Crippen LogP contribution in [-0.2, 0) is 0 Å². The third-order valence-corrected chi connectivity index (χ3v) is 4.17. The molecule has 0 saturated heterocycles. The molecule has 1 aromatic heterocycles. The van der Waals surface area contributed by atoms with Crippen LogP contribution in [0.3, 0.4) is 0 Å². The Hall–Kier alpha value is -2.56. The highest BCUT2D eigenvalue weighted by Gasteiger charge is 2.09. The van der Waals surface area contributed by atoms with E-state index in [4.69, 9.17) is 23.2 Å². The average Bonchev–Trinajstić information content (AvgIpc) is 2.60. The maximum absolute atomic E-state index is 12.3. The van der Waals surface area contributed by atoms with E-state index < -0.39 is 0 Å². The lowest BCUT2D eigenvalue weighted by molar-refractivity contribution is 0.102. The molecule has 0 aliphatic carbocycles. The summed E-state index contributed by atoms with van der Waals surface area (Å²) in [5, 5.41) is 7.05. The number of carbonyl (C=O) groups excluding carboxylic acids is 1. The van der Waals surface area contributed by atoms with Gasteiger partial charge in [-0.1, -0.05) is 41.4 Å². The molecule has 2 N–H and O–H groups in total. The van der Waals surface area contributed by atoms with Gasteiger partial charge in [-0.2, -0.15) is 0 Å². The number of halogens is 2. The van der Waals surface area contributed by atoms with Crippen molar-refractivity contribution in [1.82, 2.24) is 4.98 Å². The molecule has 3 aromatic rings. The first-order valence-electron chi connectivity index (χ1n) is 7.58. The second-order valence-corrected chi connectivity index (χ2v) is 6.29. The van der Waals surface area contributed by atoms with Crippen molar-refractivity contribution in [1.29, 1.82) is 0 Å². The summed E-state index contributed by atoms with van der Waals surface area (Å²) in [6.45, 7) is 1.90. The van der Waals surface area contributed by atoms with E-state index in [9.17, 15) is 4.79 Å². The topological polar surface area (TPSA) is 54.0 Å². The van der Waals surface area contributed by atoms with Gasteiger partial charge in [0, 0.05) is 10.6 Å². The van der Waals surface area contributed by atoms with E-state index in [0.29, 0.717) is 32.8 Å². The first-order chi connectivity index (χ1) is 12.0. The Balaban J connectivity index is 1.71. The number of carbonyl (C=O) groups is 1. The van der Waals surface area contributed by atoms with Crippen LogP contribution in [0.1, 0.15) is 15.9 Å². The molecule has 3 rings (SSSR count). The number of hydrogen-bond acceptors (Lipinski definition) is 3. The molecule has 2 aromatic carbocycles. The van der Waals surface area contributed by atoms with Gasteiger partial charge < -0.3 is 10.6 Å². The van der Waals surface area contributed by atoms with Crippen LogP contribution < -0.4 is 10.6 Å². The van der Waals surface area contributed by atoms with Crippen LogP contribution in [0.5, 0.6) is 0 Å².